The fourth-order valence-electron chi connectivity index (χ4n) is 1.55. The van der Waals surface area contributed by atoms with E-state index in [4.69, 9.17) is 4.42 Å². The molecule has 0 unspecified atom stereocenters. The molecule has 0 aliphatic carbocycles. The molecule has 2 rings (SSSR count). The van der Waals surface area contributed by atoms with Crippen LogP contribution in [-0.4, -0.2) is 17.9 Å². The number of halogens is 1. The van der Waals surface area contributed by atoms with Gasteiger partial charge in [0.15, 0.2) is 0 Å². The smallest absolute Gasteiger partial charge is 0.257 e. The quantitative estimate of drug-likeness (QED) is 0.866. The second-order valence-electron chi connectivity index (χ2n) is 3.87. The van der Waals surface area contributed by atoms with Crippen molar-refractivity contribution in [3.8, 4) is 0 Å². The number of rotatable bonds is 3. The second kappa shape index (κ2) is 5.06. The van der Waals surface area contributed by atoms with Crippen LogP contribution in [0, 0.1) is 6.92 Å². The van der Waals surface area contributed by atoms with Gasteiger partial charge in [-0.1, -0.05) is 0 Å². The Labute approximate surface area is 112 Å². The normalized spacial score (nSPS) is 10.5. The fourth-order valence-corrected chi connectivity index (χ4v) is 2.75. The van der Waals surface area contributed by atoms with E-state index in [1.807, 2.05) is 18.4 Å². The highest BCUT2D eigenvalue weighted by Crippen LogP contribution is 2.22. The van der Waals surface area contributed by atoms with Gasteiger partial charge >= 0.3 is 0 Å². The molecule has 0 aliphatic heterocycles. The van der Waals surface area contributed by atoms with Crippen molar-refractivity contribution >= 4 is 33.2 Å². The Kier molecular flexibility index (Phi) is 3.69. The van der Waals surface area contributed by atoms with E-state index in [0.29, 0.717) is 12.1 Å². The van der Waals surface area contributed by atoms with Crippen LogP contribution in [0.1, 0.15) is 21.7 Å². The first-order valence-electron chi connectivity index (χ1n) is 5.10. The van der Waals surface area contributed by atoms with Gasteiger partial charge in [-0.05, 0) is 45.9 Å². The van der Waals surface area contributed by atoms with Crippen molar-refractivity contribution in [2.75, 3.05) is 7.05 Å². The van der Waals surface area contributed by atoms with Crippen molar-refractivity contribution in [1.82, 2.24) is 4.90 Å². The molecule has 1 amide bonds. The Morgan fingerprint density at radius 2 is 2.29 bits per heavy atom. The summed E-state index contributed by atoms with van der Waals surface area (Å²) in [6.07, 6.45) is 1.50. The first-order valence-corrected chi connectivity index (χ1v) is 6.77. The molecule has 0 spiro atoms. The zero-order valence-electron chi connectivity index (χ0n) is 9.57. The van der Waals surface area contributed by atoms with Gasteiger partial charge in [0.05, 0.1) is 9.35 Å². The number of hydrogen-bond acceptors (Lipinski definition) is 3. The van der Waals surface area contributed by atoms with Crippen LogP contribution in [0.5, 0.6) is 0 Å². The molecule has 0 atom stereocenters. The molecule has 0 radical (unpaired) electrons. The monoisotopic (exact) mass is 313 g/mol. The molecule has 2 aromatic rings. The topological polar surface area (TPSA) is 33.5 Å². The maximum atomic E-state index is 12.0. The third-order valence-corrected chi connectivity index (χ3v) is 3.92. The molecule has 0 aliphatic rings. The van der Waals surface area contributed by atoms with Gasteiger partial charge in [0, 0.05) is 13.6 Å². The van der Waals surface area contributed by atoms with Crippen LogP contribution < -0.4 is 0 Å². The predicted octanol–water partition coefficient (Wildman–Crippen LogP) is 3.68. The summed E-state index contributed by atoms with van der Waals surface area (Å²) >= 11 is 5.03. The number of furan rings is 1. The van der Waals surface area contributed by atoms with Crippen molar-refractivity contribution in [2.24, 2.45) is 0 Å². The Bertz CT molecular complexity index is 532. The van der Waals surface area contributed by atoms with Gasteiger partial charge in [-0.3, -0.25) is 4.79 Å². The van der Waals surface area contributed by atoms with Crippen LogP contribution >= 0.6 is 27.3 Å². The van der Waals surface area contributed by atoms with Crippen LogP contribution in [0.15, 0.2) is 32.0 Å². The van der Waals surface area contributed by atoms with E-state index in [1.54, 1.807) is 29.4 Å². The van der Waals surface area contributed by atoms with Crippen LogP contribution in [-0.2, 0) is 6.54 Å². The minimum absolute atomic E-state index is 0.0239. The molecule has 0 aromatic carbocycles. The van der Waals surface area contributed by atoms with Gasteiger partial charge in [0.1, 0.15) is 12.0 Å². The summed E-state index contributed by atoms with van der Waals surface area (Å²) < 4.78 is 6.21. The highest BCUT2D eigenvalue weighted by molar-refractivity contribution is 9.11. The van der Waals surface area contributed by atoms with Crippen LogP contribution in [0.3, 0.4) is 0 Å². The van der Waals surface area contributed by atoms with Gasteiger partial charge in [-0.2, -0.15) is 0 Å². The largest absolute Gasteiger partial charge is 0.469 e. The van der Waals surface area contributed by atoms with E-state index in [-0.39, 0.29) is 5.91 Å². The van der Waals surface area contributed by atoms with Gasteiger partial charge in [-0.25, -0.2) is 0 Å². The van der Waals surface area contributed by atoms with Crippen LogP contribution in [0.2, 0.25) is 0 Å². The molecule has 17 heavy (non-hydrogen) atoms. The maximum Gasteiger partial charge on any atom is 0.257 e. The number of amides is 1. The minimum Gasteiger partial charge on any atom is -0.469 e. The molecule has 5 heteroatoms. The number of carbonyl (C=O) groups is 1. The lowest BCUT2D eigenvalue weighted by molar-refractivity contribution is 0.0784. The van der Waals surface area contributed by atoms with Crippen molar-refractivity contribution in [3.63, 3.8) is 0 Å². The highest BCUT2D eigenvalue weighted by Gasteiger charge is 2.14. The molecule has 90 valence electrons. The molecular formula is C12H12BrNO2S. The molecule has 0 fully saturated rings. The van der Waals surface area contributed by atoms with Crippen LogP contribution in [0.4, 0.5) is 0 Å². The number of aryl methyl sites for hydroxylation is 1. The number of thiophene rings is 1. The Hall–Kier alpha value is -1.07. The molecule has 3 nitrogen and oxygen atoms in total. The number of carbonyl (C=O) groups excluding carboxylic acids is 1. The molecule has 0 saturated carbocycles. The summed E-state index contributed by atoms with van der Waals surface area (Å²) in [6.45, 7) is 2.43. The van der Waals surface area contributed by atoms with Crippen molar-refractivity contribution in [3.05, 3.63) is 44.4 Å². The van der Waals surface area contributed by atoms with Gasteiger partial charge in [-0.15, -0.1) is 11.3 Å². The highest BCUT2D eigenvalue weighted by atomic mass is 79.9. The Morgan fingerprint density at radius 3 is 2.82 bits per heavy atom. The lowest BCUT2D eigenvalue weighted by Crippen LogP contribution is -2.25. The van der Waals surface area contributed by atoms with Crippen molar-refractivity contribution < 1.29 is 9.21 Å². The minimum atomic E-state index is -0.0239. The Balaban J connectivity index is 2.05. The molecule has 0 bridgehead atoms. The molecule has 0 N–H and O–H groups in total. The SMILES string of the molecule is Cc1cc(C(=O)N(C)Cc2csc(Br)c2)co1. The fraction of sp³-hybridized carbons (Fsp3) is 0.250. The molecule has 2 aromatic heterocycles. The van der Waals surface area contributed by atoms with E-state index in [1.165, 1.54) is 6.26 Å². The van der Waals surface area contributed by atoms with Gasteiger partial charge in [0.25, 0.3) is 5.91 Å². The van der Waals surface area contributed by atoms with Gasteiger partial charge < -0.3 is 9.32 Å². The lowest BCUT2D eigenvalue weighted by atomic mass is 10.2. The first kappa shape index (κ1) is 12.4. The average Bonchev–Trinajstić information content (AvgIpc) is 2.87. The van der Waals surface area contributed by atoms with E-state index in [2.05, 4.69) is 15.9 Å². The van der Waals surface area contributed by atoms with Crippen molar-refractivity contribution in [1.29, 1.82) is 0 Å². The van der Waals surface area contributed by atoms with E-state index >= 15 is 0 Å². The number of nitrogens with zero attached hydrogens (tertiary/aromatic N) is 1. The van der Waals surface area contributed by atoms with Crippen molar-refractivity contribution in [2.45, 2.75) is 13.5 Å². The summed E-state index contributed by atoms with van der Waals surface area (Å²) in [6, 6.07) is 3.78. The predicted molar refractivity (Wildman–Crippen MR) is 71.3 cm³/mol. The van der Waals surface area contributed by atoms with E-state index in [9.17, 15) is 4.79 Å². The zero-order chi connectivity index (χ0) is 12.4. The summed E-state index contributed by atoms with van der Waals surface area (Å²) in [4.78, 5) is 13.7. The van der Waals surface area contributed by atoms with E-state index < -0.39 is 0 Å². The van der Waals surface area contributed by atoms with E-state index in [0.717, 1.165) is 15.1 Å². The summed E-state index contributed by atoms with van der Waals surface area (Å²) in [5, 5.41) is 2.04. The van der Waals surface area contributed by atoms with Gasteiger partial charge in [0.2, 0.25) is 0 Å². The molecule has 2 heterocycles. The third-order valence-electron chi connectivity index (χ3n) is 2.37. The average molecular weight is 314 g/mol. The Morgan fingerprint density at radius 1 is 1.53 bits per heavy atom. The number of hydrogen-bond donors (Lipinski definition) is 0. The molecule has 0 saturated heterocycles. The lowest BCUT2D eigenvalue weighted by Gasteiger charge is -2.15. The first-order chi connectivity index (χ1) is 8.06. The third kappa shape index (κ3) is 2.98. The zero-order valence-corrected chi connectivity index (χ0v) is 12.0. The maximum absolute atomic E-state index is 12.0. The van der Waals surface area contributed by atoms with Crippen LogP contribution in [0.25, 0.3) is 0 Å². The summed E-state index contributed by atoms with van der Waals surface area (Å²) in [5.41, 5.74) is 1.72. The summed E-state index contributed by atoms with van der Waals surface area (Å²) in [7, 11) is 1.79. The molecular weight excluding hydrogens is 302 g/mol. The second-order valence-corrected chi connectivity index (χ2v) is 6.16. The summed E-state index contributed by atoms with van der Waals surface area (Å²) in [5.74, 6) is 0.726. The standard InChI is InChI=1S/C12H12BrNO2S/c1-8-3-10(6-16-8)12(15)14(2)5-9-4-11(13)17-7-9/h3-4,6-7H,5H2,1-2H3.